The predicted octanol–water partition coefficient (Wildman–Crippen LogP) is 4.02. The van der Waals surface area contributed by atoms with Gasteiger partial charge in [-0.15, -0.1) is 11.6 Å². The van der Waals surface area contributed by atoms with Crippen molar-refractivity contribution < 1.29 is 5.11 Å². The molecule has 0 heterocycles. The molecule has 2 rings (SSSR count). The first-order chi connectivity index (χ1) is 8.48. The van der Waals surface area contributed by atoms with Crippen molar-refractivity contribution >= 4 is 11.6 Å². The van der Waals surface area contributed by atoms with E-state index in [1.54, 1.807) is 0 Å². The Kier molecular flexibility index (Phi) is 3.65. The van der Waals surface area contributed by atoms with Crippen LogP contribution < -0.4 is 0 Å². The molecule has 0 saturated carbocycles. The Morgan fingerprint density at radius 1 is 1.39 bits per heavy atom. The third kappa shape index (κ3) is 2.02. The highest BCUT2D eigenvalue weighted by Gasteiger charge is 2.45. The number of alkyl halides is 1. The Morgan fingerprint density at radius 3 is 2.56 bits per heavy atom. The lowest BCUT2D eigenvalue weighted by molar-refractivity contribution is 0.0512. The molecule has 0 bridgehead atoms. The van der Waals surface area contributed by atoms with E-state index in [1.165, 1.54) is 0 Å². The molecule has 0 fully saturated rings. The third-order valence-corrected chi connectivity index (χ3v) is 4.50. The van der Waals surface area contributed by atoms with E-state index in [9.17, 15) is 5.11 Å². The number of halogens is 1. The zero-order chi connectivity index (χ0) is 13.3. The Hall–Kier alpha value is -1.05. The van der Waals surface area contributed by atoms with Crippen LogP contribution in [0.1, 0.15) is 25.8 Å². The first-order valence-electron chi connectivity index (χ1n) is 6.22. The van der Waals surface area contributed by atoms with E-state index in [1.807, 2.05) is 44.2 Å². The third-order valence-electron chi connectivity index (χ3n) is 3.88. The lowest BCUT2D eigenvalue weighted by Gasteiger charge is -2.42. The molecule has 0 spiro atoms. The van der Waals surface area contributed by atoms with Crippen molar-refractivity contribution in [3.8, 4) is 0 Å². The van der Waals surface area contributed by atoms with Crippen molar-refractivity contribution in [3.63, 3.8) is 0 Å². The molecule has 1 N–H and O–H groups in total. The summed E-state index contributed by atoms with van der Waals surface area (Å²) in [6, 6.07) is 9.64. The van der Waals surface area contributed by atoms with Gasteiger partial charge in [-0.2, -0.15) is 0 Å². The second-order valence-corrected chi connectivity index (χ2v) is 5.58. The Morgan fingerprint density at radius 2 is 2.00 bits per heavy atom. The van der Waals surface area contributed by atoms with E-state index >= 15 is 0 Å². The van der Waals surface area contributed by atoms with Crippen LogP contribution in [0, 0.1) is 5.92 Å². The molecule has 3 atom stereocenters. The van der Waals surface area contributed by atoms with Crippen molar-refractivity contribution in [2.45, 2.75) is 31.2 Å². The summed E-state index contributed by atoms with van der Waals surface area (Å²) in [4.78, 5) is 0. The topological polar surface area (TPSA) is 20.2 Å². The molecular weight excluding hydrogens is 244 g/mol. The maximum absolute atomic E-state index is 11.1. The summed E-state index contributed by atoms with van der Waals surface area (Å²) in [5, 5.41) is 10.7. The quantitative estimate of drug-likeness (QED) is 0.630. The molecule has 0 radical (unpaired) electrons. The van der Waals surface area contributed by atoms with Crippen LogP contribution in [0.25, 0.3) is 0 Å². The Labute approximate surface area is 114 Å². The summed E-state index contributed by atoms with van der Waals surface area (Å²) in [7, 11) is 0. The molecule has 1 nitrogen and oxygen atoms in total. The van der Waals surface area contributed by atoms with Crippen LogP contribution >= 0.6 is 11.6 Å². The minimum atomic E-state index is -1.09. The number of hydrogen-bond acceptors (Lipinski definition) is 1. The van der Waals surface area contributed by atoms with Gasteiger partial charge in [-0.05, 0) is 31.4 Å². The monoisotopic (exact) mass is 262 g/mol. The van der Waals surface area contributed by atoms with E-state index in [0.717, 1.165) is 23.1 Å². The van der Waals surface area contributed by atoms with Gasteiger partial charge in [0.25, 0.3) is 0 Å². The highest BCUT2D eigenvalue weighted by molar-refractivity contribution is 6.22. The molecule has 0 amide bonds. The van der Waals surface area contributed by atoms with Crippen LogP contribution in [-0.2, 0) is 5.60 Å². The van der Waals surface area contributed by atoms with E-state index < -0.39 is 5.60 Å². The lowest BCUT2D eigenvalue weighted by Crippen LogP contribution is -2.44. The molecule has 1 aliphatic rings. The standard InChI is InChI=1S/C16H19ClO/c1-11(2)14-10-9-12(3)16(18,15(14)17)13-7-5-4-6-8-13/h4-9,14-15,18H,1,10H2,2-3H3/t14-,15-,16-/m1/s1. The molecule has 1 aromatic carbocycles. The van der Waals surface area contributed by atoms with Crippen LogP contribution in [0.3, 0.4) is 0 Å². The molecule has 1 aromatic rings. The van der Waals surface area contributed by atoms with Gasteiger partial charge < -0.3 is 5.11 Å². The first kappa shape index (κ1) is 13.4. The molecule has 1 aliphatic carbocycles. The fraction of sp³-hybridized carbons (Fsp3) is 0.375. The Balaban J connectivity index is 2.50. The molecule has 2 heteroatoms. The summed E-state index contributed by atoms with van der Waals surface area (Å²) in [6.07, 6.45) is 2.93. The zero-order valence-electron chi connectivity index (χ0n) is 10.9. The summed E-state index contributed by atoms with van der Waals surface area (Å²) >= 11 is 6.56. The van der Waals surface area contributed by atoms with Crippen LogP contribution in [0.15, 0.2) is 54.1 Å². The van der Waals surface area contributed by atoms with Crippen LogP contribution in [0.5, 0.6) is 0 Å². The minimum absolute atomic E-state index is 0.112. The zero-order valence-corrected chi connectivity index (χ0v) is 11.6. The number of benzene rings is 1. The van der Waals surface area contributed by atoms with Crippen molar-refractivity contribution in [3.05, 3.63) is 59.7 Å². The van der Waals surface area contributed by atoms with Crippen molar-refractivity contribution in [2.75, 3.05) is 0 Å². The number of aliphatic hydroxyl groups is 1. The summed E-state index contributed by atoms with van der Waals surface area (Å²) in [5.74, 6) is 0.112. The second-order valence-electron chi connectivity index (χ2n) is 5.11. The average molecular weight is 263 g/mol. The summed E-state index contributed by atoms with van der Waals surface area (Å²) in [5.41, 5.74) is 1.70. The fourth-order valence-corrected chi connectivity index (χ4v) is 3.23. The fourth-order valence-electron chi connectivity index (χ4n) is 2.62. The lowest BCUT2D eigenvalue weighted by atomic mass is 9.72. The molecule has 0 aliphatic heterocycles. The van der Waals surface area contributed by atoms with Crippen molar-refractivity contribution in [1.82, 2.24) is 0 Å². The first-order valence-corrected chi connectivity index (χ1v) is 6.66. The van der Waals surface area contributed by atoms with Crippen molar-refractivity contribution in [2.24, 2.45) is 5.92 Å². The van der Waals surface area contributed by atoms with E-state index in [-0.39, 0.29) is 11.3 Å². The van der Waals surface area contributed by atoms with Gasteiger partial charge in [0.1, 0.15) is 5.60 Å². The van der Waals surface area contributed by atoms with Crippen LogP contribution in [-0.4, -0.2) is 10.5 Å². The van der Waals surface area contributed by atoms with Gasteiger partial charge >= 0.3 is 0 Å². The highest BCUT2D eigenvalue weighted by atomic mass is 35.5. The van der Waals surface area contributed by atoms with E-state index in [2.05, 4.69) is 12.7 Å². The maximum Gasteiger partial charge on any atom is 0.127 e. The predicted molar refractivity (Wildman–Crippen MR) is 76.7 cm³/mol. The van der Waals surface area contributed by atoms with Crippen LogP contribution in [0.2, 0.25) is 0 Å². The smallest absolute Gasteiger partial charge is 0.127 e. The molecule has 0 saturated heterocycles. The van der Waals surface area contributed by atoms with Gasteiger partial charge in [0.05, 0.1) is 5.38 Å². The molecule has 96 valence electrons. The number of hydrogen-bond donors (Lipinski definition) is 1. The van der Waals surface area contributed by atoms with Crippen LogP contribution in [0.4, 0.5) is 0 Å². The number of allylic oxidation sites excluding steroid dienone is 2. The van der Waals surface area contributed by atoms with Gasteiger partial charge in [0, 0.05) is 5.92 Å². The minimum Gasteiger partial charge on any atom is -0.379 e. The molecule has 0 aromatic heterocycles. The van der Waals surface area contributed by atoms with Crippen molar-refractivity contribution in [1.29, 1.82) is 0 Å². The van der Waals surface area contributed by atoms with E-state index in [4.69, 9.17) is 11.6 Å². The number of rotatable bonds is 2. The highest BCUT2D eigenvalue weighted by Crippen LogP contribution is 2.45. The average Bonchev–Trinajstić information content (AvgIpc) is 2.36. The van der Waals surface area contributed by atoms with Gasteiger partial charge in [0.15, 0.2) is 0 Å². The maximum atomic E-state index is 11.1. The van der Waals surface area contributed by atoms with E-state index in [0.29, 0.717) is 0 Å². The molecule has 18 heavy (non-hydrogen) atoms. The SMILES string of the molecule is C=C(C)[C@H]1CC=C(C)[C@@](O)(c2ccccc2)[C@@H]1Cl. The van der Waals surface area contributed by atoms with Gasteiger partial charge in [-0.1, -0.05) is 48.6 Å². The summed E-state index contributed by atoms with van der Waals surface area (Å²) < 4.78 is 0. The van der Waals surface area contributed by atoms with Gasteiger partial charge in [-0.25, -0.2) is 0 Å². The Bertz CT molecular complexity index is 477. The van der Waals surface area contributed by atoms with Gasteiger partial charge in [-0.3, -0.25) is 0 Å². The second kappa shape index (κ2) is 4.91. The van der Waals surface area contributed by atoms with Gasteiger partial charge in [0.2, 0.25) is 0 Å². The molecular formula is C16H19ClO. The largest absolute Gasteiger partial charge is 0.379 e. The normalized spacial score (nSPS) is 31.9. The molecule has 0 unspecified atom stereocenters. The summed E-state index contributed by atoms with van der Waals surface area (Å²) in [6.45, 7) is 7.90.